The first-order valence-corrected chi connectivity index (χ1v) is 10.6. The van der Waals surface area contributed by atoms with Crippen LogP contribution in [0.15, 0.2) is 29.4 Å². The molecule has 0 fully saturated rings. The van der Waals surface area contributed by atoms with Crippen molar-refractivity contribution in [1.82, 2.24) is 9.47 Å². The SMILES string of the molecule is CCCCN(CCCC)C(=O)/N=c1\sc(C)cn1-c1ccc2c(c1)OC(F)(F)O2. The maximum Gasteiger partial charge on any atom is 0.586 e. The summed E-state index contributed by atoms with van der Waals surface area (Å²) in [6.07, 6.45) is 1.98. The monoisotopic (exact) mass is 425 g/mol. The summed E-state index contributed by atoms with van der Waals surface area (Å²) in [5.41, 5.74) is 0.564. The highest BCUT2D eigenvalue weighted by Crippen LogP contribution is 2.41. The van der Waals surface area contributed by atoms with E-state index in [2.05, 4.69) is 28.3 Å². The number of carbonyl (C=O) groups is 1. The number of thiazole rings is 1. The minimum Gasteiger partial charge on any atom is -0.395 e. The molecule has 2 aromatic rings. The predicted molar refractivity (Wildman–Crippen MR) is 107 cm³/mol. The third kappa shape index (κ3) is 5.14. The minimum absolute atomic E-state index is 0.0221. The molecule has 29 heavy (non-hydrogen) atoms. The van der Waals surface area contributed by atoms with Gasteiger partial charge in [0.25, 0.3) is 0 Å². The van der Waals surface area contributed by atoms with Crippen molar-refractivity contribution in [2.45, 2.75) is 52.7 Å². The molecule has 0 bridgehead atoms. The van der Waals surface area contributed by atoms with Crippen molar-refractivity contribution in [2.24, 2.45) is 4.99 Å². The third-order valence-electron chi connectivity index (χ3n) is 4.46. The second kappa shape index (κ2) is 8.94. The van der Waals surface area contributed by atoms with Crippen LogP contribution in [0.3, 0.4) is 0 Å². The Labute approximate surface area is 172 Å². The molecular formula is C20H25F2N3O3S. The molecule has 0 aliphatic carbocycles. The van der Waals surface area contributed by atoms with Gasteiger partial charge >= 0.3 is 12.3 Å². The van der Waals surface area contributed by atoms with Gasteiger partial charge in [-0.3, -0.25) is 4.57 Å². The number of rotatable bonds is 7. The summed E-state index contributed by atoms with van der Waals surface area (Å²) >= 11 is 1.36. The van der Waals surface area contributed by atoms with Crippen molar-refractivity contribution in [3.05, 3.63) is 34.1 Å². The van der Waals surface area contributed by atoms with Crippen molar-refractivity contribution >= 4 is 17.4 Å². The van der Waals surface area contributed by atoms with E-state index >= 15 is 0 Å². The number of nitrogens with zero attached hydrogens (tertiary/aromatic N) is 3. The zero-order valence-electron chi connectivity index (χ0n) is 16.8. The van der Waals surface area contributed by atoms with Crippen LogP contribution < -0.4 is 14.3 Å². The van der Waals surface area contributed by atoms with Crippen LogP contribution in [0.1, 0.15) is 44.4 Å². The van der Waals surface area contributed by atoms with Gasteiger partial charge in [-0.2, -0.15) is 4.99 Å². The summed E-state index contributed by atoms with van der Waals surface area (Å²) in [5.74, 6) is -0.0696. The number of unbranched alkanes of at least 4 members (excludes halogenated alkanes) is 2. The van der Waals surface area contributed by atoms with E-state index in [-0.39, 0.29) is 17.5 Å². The zero-order valence-corrected chi connectivity index (χ0v) is 17.6. The smallest absolute Gasteiger partial charge is 0.395 e. The summed E-state index contributed by atoms with van der Waals surface area (Å²) in [6, 6.07) is 4.23. The summed E-state index contributed by atoms with van der Waals surface area (Å²) in [5, 5.41) is 0. The molecule has 2 amide bonds. The van der Waals surface area contributed by atoms with Crippen LogP contribution in [0, 0.1) is 6.92 Å². The average Bonchev–Trinajstić information content (AvgIpc) is 3.18. The normalized spacial score (nSPS) is 15.0. The van der Waals surface area contributed by atoms with Gasteiger partial charge in [0.05, 0.1) is 5.69 Å². The van der Waals surface area contributed by atoms with Gasteiger partial charge in [-0.25, -0.2) is 4.79 Å². The molecule has 0 spiro atoms. The number of ether oxygens (including phenoxy) is 2. The molecule has 0 unspecified atom stereocenters. The van der Waals surface area contributed by atoms with Crippen LogP contribution in [0.25, 0.3) is 5.69 Å². The third-order valence-corrected chi connectivity index (χ3v) is 5.36. The lowest BCUT2D eigenvalue weighted by Gasteiger charge is -2.19. The fourth-order valence-electron chi connectivity index (χ4n) is 2.96. The van der Waals surface area contributed by atoms with Crippen molar-refractivity contribution in [1.29, 1.82) is 0 Å². The van der Waals surface area contributed by atoms with E-state index in [9.17, 15) is 13.6 Å². The van der Waals surface area contributed by atoms with Crippen LogP contribution in [-0.4, -0.2) is 34.9 Å². The number of aromatic nitrogens is 1. The number of fused-ring (bicyclic) bond motifs is 1. The summed E-state index contributed by atoms with van der Waals surface area (Å²) in [7, 11) is 0. The molecule has 0 N–H and O–H groups in total. The molecule has 6 nitrogen and oxygen atoms in total. The standard InChI is InChI=1S/C20H25F2N3O3S/c1-4-6-10-24(11-7-5-2)18(26)23-19-25(13-14(3)29-19)15-8-9-16-17(12-15)28-20(21,22)27-16/h8-9,12-13H,4-7,10-11H2,1-3H3/b23-19-. The lowest BCUT2D eigenvalue weighted by molar-refractivity contribution is -0.286. The Balaban J connectivity index is 1.91. The minimum atomic E-state index is -3.67. The number of urea groups is 1. The van der Waals surface area contributed by atoms with Gasteiger partial charge in [0.15, 0.2) is 16.3 Å². The van der Waals surface area contributed by atoms with E-state index in [1.165, 1.54) is 23.5 Å². The molecule has 0 saturated carbocycles. The van der Waals surface area contributed by atoms with Gasteiger partial charge in [0, 0.05) is 30.2 Å². The summed E-state index contributed by atoms with van der Waals surface area (Å²) < 4.78 is 37.3. The molecule has 0 radical (unpaired) electrons. The summed E-state index contributed by atoms with van der Waals surface area (Å²) in [6.45, 7) is 7.40. The van der Waals surface area contributed by atoms with Crippen LogP contribution in [-0.2, 0) is 0 Å². The largest absolute Gasteiger partial charge is 0.586 e. The van der Waals surface area contributed by atoms with E-state index in [4.69, 9.17) is 0 Å². The fraction of sp³-hybridized carbons (Fsp3) is 0.500. The maximum absolute atomic E-state index is 13.3. The number of hydrogen-bond acceptors (Lipinski definition) is 4. The van der Waals surface area contributed by atoms with E-state index < -0.39 is 6.29 Å². The average molecular weight is 426 g/mol. The molecule has 2 heterocycles. The van der Waals surface area contributed by atoms with Crippen molar-refractivity contribution in [2.75, 3.05) is 13.1 Å². The Kier molecular flexibility index (Phi) is 6.56. The number of aryl methyl sites for hydroxylation is 1. The van der Waals surface area contributed by atoms with Gasteiger partial charge in [-0.15, -0.1) is 20.1 Å². The Morgan fingerprint density at radius 2 is 1.83 bits per heavy atom. The highest BCUT2D eigenvalue weighted by Gasteiger charge is 2.43. The first kappa shape index (κ1) is 21.3. The van der Waals surface area contributed by atoms with Crippen LogP contribution in [0.5, 0.6) is 11.5 Å². The molecule has 1 aromatic carbocycles. The Hall–Kier alpha value is -2.42. The van der Waals surface area contributed by atoms with Gasteiger partial charge in [0.2, 0.25) is 0 Å². The van der Waals surface area contributed by atoms with E-state index in [0.717, 1.165) is 30.6 Å². The maximum atomic E-state index is 13.3. The predicted octanol–water partition coefficient (Wildman–Crippen LogP) is 5.09. The topological polar surface area (TPSA) is 56.1 Å². The Morgan fingerprint density at radius 1 is 1.17 bits per heavy atom. The molecule has 1 aliphatic rings. The molecule has 1 aliphatic heterocycles. The van der Waals surface area contributed by atoms with E-state index in [1.54, 1.807) is 15.5 Å². The van der Waals surface area contributed by atoms with Crippen LogP contribution in [0.2, 0.25) is 0 Å². The lowest BCUT2D eigenvalue weighted by atomic mass is 10.3. The molecule has 1 aromatic heterocycles. The van der Waals surface area contributed by atoms with Crippen molar-refractivity contribution in [3.8, 4) is 17.2 Å². The Morgan fingerprint density at radius 3 is 2.48 bits per heavy atom. The van der Waals surface area contributed by atoms with Crippen LogP contribution in [0.4, 0.5) is 13.6 Å². The van der Waals surface area contributed by atoms with E-state index in [0.29, 0.717) is 23.6 Å². The number of benzene rings is 1. The van der Waals surface area contributed by atoms with Gasteiger partial charge in [-0.05, 0) is 31.9 Å². The molecule has 9 heteroatoms. The number of alkyl halides is 2. The number of amides is 2. The van der Waals surface area contributed by atoms with Crippen molar-refractivity contribution in [3.63, 3.8) is 0 Å². The van der Waals surface area contributed by atoms with Gasteiger partial charge < -0.3 is 14.4 Å². The number of carbonyl (C=O) groups excluding carboxylic acids is 1. The van der Waals surface area contributed by atoms with Gasteiger partial charge in [0.1, 0.15) is 0 Å². The second-order valence-electron chi connectivity index (χ2n) is 6.88. The molecular weight excluding hydrogens is 400 g/mol. The lowest BCUT2D eigenvalue weighted by Crippen LogP contribution is -2.32. The first-order valence-electron chi connectivity index (χ1n) is 9.76. The highest BCUT2D eigenvalue weighted by molar-refractivity contribution is 7.09. The quantitative estimate of drug-likeness (QED) is 0.621. The van der Waals surface area contributed by atoms with Crippen molar-refractivity contribution < 1.29 is 23.0 Å². The molecule has 0 atom stereocenters. The Bertz CT molecular complexity index is 931. The molecule has 0 saturated heterocycles. The molecule has 3 rings (SSSR count). The number of hydrogen-bond donors (Lipinski definition) is 0. The highest BCUT2D eigenvalue weighted by atomic mass is 32.1. The molecule has 158 valence electrons. The van der Waals surface area contributed by atoms with Gasteiger partial charge in [-0.1, -0.05) is 26.7 Å². The number of halogens is 2. The first-order chi connectivity index (χ1) is 13.8. The fourth-order valence-corrected chi connectivity index (χ4v) is 3.79. The van der Waals surface area contributed by atoms with E-state index in [1.807, 2.05) is 13.1 Å². The second-order valence-corrected chi connectivity index (χ2v) is 8.09. The van der Waals surface area contributed by atoms with Crippen LogP contribution >= 0.6 is 11.3 Å². The zero-order chi connectivity index (χ0) is 21.0. The summed E-state index contributed by atoms with van der Waals surface area (Å²) in [4.78, 5) is 20.3.